The molecule has 4 rings (SSSR count). The van der Waals surface area contributed by atoms with E-state index in [0.717, 1.165) is 29.1 Å². The number of pyridine rings is 2. The van der Waals surface area contributed by atoms with Crippen LogP contribution in [-0.2, 0) is 0 Å². The van der Waals surface area contributed by atoms with Crippen LogP contribution in [0.25, 0.3) is 11.1 Å². The third kappa shape index (κ3) is 3.78. The topological polar surface area (TPSA) is 69.3 Å². The Balaban J connectivity index is 1.59. The average Bonchev–Trinajstić information content (AvgIpc) is 2.74. The molecule has 0 aliphatic carbocycles. The molecule has 2 aromatic heterocycles. The number of amides is 1. The number of piperazine rings is 1. The summed E-state index contributed by atoms with van der Waals surface area (Å²) in [7, 11) is 0. The molecule has 0 saturated carbocycles. The van der Waals surface area contributed by atoms with E-state index < -0.39 is 0 Å². The zero-order valence-electron chi connectivity index (χ0n) is 16.6. The van der Waals surface area contributed by atoms with Crippen molar-refractivity contribution in [1.82, 2.24) is 14.9 Å². The number of aromatic nitrogens is 2. The lowest BCUT2D eigenvalue weighted by atomic mass is 10.0. The first-order valence-corrected chi connectivity index (χ1v) is 9.80. The van der Waals surface area contributed by atoms with E-state index in [0.29, 0.717) is 13.1 Å². The predicted molar refractivity (Wildman–Crippen MR) is 114 cm³/mol. The summed E-state index contributed by atoms with van der Waals surface area (Å²) in [5.74, 6) is -0.217. The van der Waals surface area contributed by atoms with Crippen molar-refractivity contribution in [1.29, 1.82) is 0 Å². The monoisotopic (exact) mass is 388 g/mol. The van der Waals surface area contributed by atoms with Crippen molar-refractivity contribution < 1.29 is 4.79 Å². The number of hydrogen-bond acceptors (Lipinski definition) is 4. The van der Waals surface area contributed by atoms with Crippen LogP contribution >= 0.6 is 0 Å². The summed E-state index contributed by atoms with van der Waals surface area (Å²) >= 11 is 0. The summed E-state index contributed by atoms with van der Waals surface area (Å²) in [6.45, 7) is 5.87. The van der Waals surface area contributed by atoms with Gasteiger partial charge in [0.15, 0.2) is 0 Å². The molecule has 1 saturated heterocycles. The number of aromatic amines is 1. The SMILES string of the molecule is Cc1[nH]c(=O)c(C(=O)N2CCN(c3ccncc3)CC2C)cc1-c1ccccc1. The van der Waals surface area contributed by atoms with Crippen LogP contribution in [0.15, 0.2) is 65.7 Å². The first kappa shape index (κ1) is 18.9. The van der Waals surface area contributed by atoms with Crippen molar-refractivity contribution in [3.8, 4) is 11.1 Å². The van der Waals surface area contributed by atoms with E-state index in [2.05, 4.69) is 14.9 Å². The number of nitrogens with one attached hydrogen (secondary N) is 1. The fraction of sp³-hybridized carbons (Fsp3) is 0.261. The Morgan fingerprint density at radius 2 is 1.83 bits per heavy atom. The molecule has 1 unspecified atom stereocenters. The molecule has 1 aromatic carbocycles. The minimum atomic E-state index is -0.337. The van der Waals surface area contributed by atoms with Gasteiger partial charge in [-0.05, 0) is 37.6 Å². The van der Waals surface area contributed by atoms with Crippen molar-refractivity contribution in [3.05, 3.63) is 82.5 Å². The number of carbonyl (C=O) groups is 1. The first-order valence-electron chi connectivity index (χ1n) is 9.80. The van der Waals surface area contributed by atoms with Crippen molar-refractivity contribution >= 4 is 11.6 Å². The van der Waals surface area contributed by atoms with Crippen molar-refractivity contribution in [2.45, 2.75) is 19.9 Å². The van der Waals surface area contributed by atoms with Crippen LogP contribution in [0.3, 0.4) is 0 Å². The second kappa shape index (κ2) is 7.91. The zero-order chi connectivity index (χ0) is 20.4. The van der Waals surface area contributed by atoms with Gasteiger partial charge in [0.2, 0.25) is 0 Å². The van der Waals surface area contributed by atoms with E-state index in [1.165, 1.54) is 0 Å². The fourth-order valence-electron chi connectivity index (χ4n) is 3.90. The lowest BCUT2D eigenvalue weighted by Gasteiger charge is -2.41. The third-order valence-electron chi connectivity index (χ3n) is 5.47. The molecule has 6 heteroatoms. The maximum Gasteiger partial charge on any atom is 0.261 e. The Hall–Kier alpha value is -3.41. The van der Waals surface area contributed by atoms with Gasteiger partial charge < -0.3 is 14.8 Å². The highest BCUT2D eigenvalue weighted by Crippen LogP contribution is 2.23. The highest BCUT2D eigenvalue weighted by molar-refractivity contribution is 5.95. The molecule has 3 heterocycles. The second-order valence-corrected chi connectivity index (χ2v) is 7.42. The number of aryl methyl sites for hydroxylation is 1. The molecule has 1 aliphatic rings. The third-order valence-corrected chi connectivity index (χ3v) is 5.47. The molecule has 0 spiro atoms. The summed E-state index contributed by atoms with van der Waals surface area (Å²) in [6, 6.07) is 15.5. The van der Waals surface area contributed by atoms with Crippen LogP contribution in [0.1, 0.15) is 23.0 Å². The number of nitrogens with zero attached hydrogens (tertiary/aromatic N) is 3. The Labute approximate surface area is 169 Å². The number of hydrogen-bond donors (Lipinski definition) is 1. The van der Waals surface area contributed by atoms with Crippen molar-refractivity contribution in [2.75, 3.05) is 24.5 Å². The molecule has 1 aliphatic heterocycles. The normalized spacial score (nSPS) is 16.7. The van der Waals surface area contributed by atoms with Crippen LogP contribution < -0.4 is 10.5 Å². The lowest BCUT2D eigenvalue weighted by Crippen LogP contribution is -2.54. The Kier molecular flexibility index (Phi) is 5.16. The predicted octanol–water partition coefficient (Wildman–Crippen LogP) is 3.10. The second-order valence-electron chi connectivity index (χ2n) is 7.42. The minimum Gasteiger partial charge on any atom is -0.368 e. The number of anilines is 1. The molecule has 1 N–H and O–H groups in total. The molecule has 148 valence electrons. The molecule has 6 nitrogen and oxygen atoms in total. The fourth-order valence-corrected chi connectivity index (χ4v) is 3.90. The zero-order valence-corrected chi connectivity index (χ0v) is 16.6. The molecule has 3 aromatic rings. The minimum absolute atomic E-state index is 0.00899. The van der Waals surface area contributed by atoms with Crippen LogP contribution in [-0.4, -0.2) is 46.5 Å². The summed E-state index contributed by atoms with van der Waals surface area (Å²) in [4.78, 5) is 36.8. The van der Waals surface area contributed by atoms with Gasteiger partial charge in [0.1, 0.15) is 5.56 Å². The summed E-state index contributed by atoms with van der Waals surface area (Å²) in [5.41, 5.74) is 3.56. The lowest BCUT2D eigenvalue weighted by molar-refractivity contribution is 0.0672. The van der Waals surface area contributed by atoms with Crippen molar-refractivity contribution in [3.63, 3.8) is 0 Å². The molecule has 1 atom stereocenters. The highest BCUT2D eigenvalue weighted by Gasteiger charge is 2.30. The number of rotatable bonds is 3. The summed E-state index contributed by atoms with van der Waals surface area (Å²) in [6.07, 6.45) is 3.54. The maximum absolute atomic E-state index is 13.2. The highest BCUT2D eigenvalue weighted by atomic mass is 16.2. The standard InChI is InChI=1S/C23H24N4O2/c1-16-15-26(19-8-10-24-11-9-19)12-13-27(16)23(29)21-14-20(17(2)25-22(21)28)18-6-4-3-5-7-18/h3-11,14,16H,12-13,15H2,1-2H3,(H,25,28). The first-order chi connectivity index (χ1) is 14.0. The van der Waals surface area contributed by atoms with Gasteiger partial charge in [0, 0.05) is 55.0 Å². The van der Waals surface area contributed by atoms with Gasteiger partial charge in [0.05, 0.1) is 0 Å². The van der Waals surface area contributed by atoms with Gasteiger partial charge in [0.25, 0.3) is 11.5 Å². The largest absolute Gasteiger partial charge is 0.368 e. The van der Waals surface area contributed by atoms with Crippen LogP contribution in [0, 0.1) is 6.92 Å². The molecule has 0 radical (unpaired) electrons. The molecule has 0 bridgehead atoms. The number of carbonyl (C=O) groups excluding carboxylic acids is 1. The van der Waals surface area contributed by atoms with Gasteiger partial charge >= 0.3 is 0 Å². The van der Waals surface area contributed by atoms with E-state index in [1.807, 2.05) is 56.3 Å². The summed E-state index contributed by atoms with van der Waals surface area (Å²) < 4.78 is 0. The van der Waals surface area contributed by atoms with Crippen LogP contribution in [0.4, 0.5) is 5.69 Å². The Morgan fingerprint density at radius 3 is 2.52 bits per heavy atom. The van der Waals surface area contributed by atoms with E-state index in [-0.39, 0.29) is 23.1 Å². The maximum atomic E-state index is 13.2. The van der Waals surface area contributed by atoms with Crippen molar-refractivity contribution in [2.24, 2.45) is 0 Å². The quantitative estimate of drug-likeness (QED) is 0.749. The molecular formula is C23H24N4O2. The Bertz CT molecular complexity index is 1060. The van der Waals surface area contributed by atoms with Crippen LogP contribution in [0.5, 0.6) is 0 Å². The summed E-state index contributed by atoms with van der Waals surface area (Å²) in [5, 5.41) is 0. The van der Waals surface area contributed by atoms with Gasteiger partial charge in [-0.1, -0.05) is 30.3 Å². The molecular weight excluding hydrogens is 364 g/mol. The number of H-pyrrole nitrogens is 1. The van der Waals surface area contributed by atoms with Gasteiger partial charge in [-0.2, -0.15) is 0 Å². The van der Waals surface area contributed by atoms with E-state index in [4.69, 9.17) is 0 Å². The van der Waals surface area contributed by atoms with Gasteiger partial charge in [-0.3, -0.25) is 14.6 Å². The van der Waals surface area contributed by atoms with Crippen LogP contribution in [0.2, 0.25) is 0 Å². The smallest absolute Gasteiger partial charge is 0.261 e. The molecule has 1 fully saturated rings. The van der Waals surface area contributed by atoms with E-state index in [1.54, 1.807) is 23.4 Å². The van der Waals surface area contributed by atoms with E-state index in [9.17, 15) is 9.59 Å². The molecule has 1 amide bonds. The molecule has 29 heavy (non-hydrogen) atoms. The average molecular weight is 388 g/mol. The van der Waals surface area contributed by atoms with Gasteiger partial charge in [-0.25, -0.2) is 0 Å². The Morgan fingerprint density at radius 1 is 1.10 bits per heavy atom. The number of benzene rings is 1. The van der Waals surface area contributed by atoms with E-state index >= 15 is 0 Å². The van der Waals surface area contributed by atoms with Gasteiger partial charge in [-0.15, -0.1) is 0 Å².